The fourth-order valence-corrected chi connectivity index (χ4v) is 4.63. The van der Waals surface area contributed by atoms with Gasteiger partial charge in [-0.1, -0.05) is 34.1 Å². The summed E-state index contributed by atoms with van der Waals surface area (Å²) in [4.78, 5) is 0.247. The minimum Gasteiger partial charge on any atom is -0.207 e. The van der Waals surface area contributed by atoms with E-state index in [4.69, 9.17) is 0 Å². The molecule has 21 heavy (non-hydrogen) atoms. The number of nitrogens with one attached hydrogen (secondary N) is 1. The number of hydrogen-bond acceptors (Lipinski definition) is 2. The van der Waals surface area contributed by atoms with Crippen LogP contribution < -0.4 is 4.72 Å². The van der Waals surface area contributed by atoms with Crippen LogP contribution in [0.1, 0.15) is 24.1 Å². The molecule has 0 saturated heterocycles. The Bertz CT molecular complexity index is 743. The smallest absolute Gasteiger partial charge is 0.207 e. The van der Waals surface area contributed by atoms with Crippen molar-refractivity contribution in [3.63, 3.8) is 0 Å². The molecule has 0 saturated carbocycles. The van der Waals surface area contributed by atoms with E-state index in [1.54, 1.807) is 18.2 Å². The Morgan fingerprint density at radius 1 is 1.05 bits per heavy atom. The Balaban J connectivity index is 2.26. The number of aryl methyl sites for hydroxylation is 1. The third-order valence-corrected chi connectivity index (χ3v) is 6.12. The van der Waals surface area contributed by atoms with Crippen LogP contribution in [0.15, 0.2) is 56.3 Å². The van der Waals surface area contributed by atoms with Crippen molar-refractivity contribution >= 4 is 41.9 Å². The average molecular weight is 433 g/mol. The zero-order chi connectivity index (χ0) is 15.6. The van der Waals surface area contributed by atoms with Gasteiger partial charge in [-0.3, -0.25) is 0 Å². The monoisotopic (exact) mass is 431 g/mol. The molecule has 2 aromatic rings. The molecule has 2 aromatic carbocycles. The van der Waals surface area contributed by atoms with Crippen LogP contribution in [0.3, 0.4) is 0 Å². The van der Waals surface area contributed by atoms with Crippen LogP contribution in [0.4, 0.5) is 0 Å². The fourth-order valence-electron chi connectivity index (χ4n) is 1.94. The summed E-state index contributed by atoms with van der Waals surface area (Å²) in [6, 6.07) is 12.4. The third-order valence-electron chi connectivity index (χ3n) is 3.08. The molecule has 0 aromatic heterocycles. The number of sulfonamides is 1. The van der Waals surface area contributed by atoms with E-state index in [1.165, 1.54) is 0 Å². The van der Waals surface area contributed by atoms with Crippen LogP contribution in [0.5, 0.6) is 0 Å². The van der Waals surface area contributed by atoms with Gasteiger partial charge < -0.3 is 0 Å². The van der Waals surface area contributed by atoms with Gasteiger partial charge in [-0.15, -0.1) is 0 Å². The van der Waals surface area contributed by atoms with E-state index in [0.717, 1.165) is 15.6 Å². The highest BCUT2D eigenvalue weighted by atomic mass is 79.9. The summed E-state index contributed by atoms with van der Waals surface area (Å²) < 4.78 is 29.2. The Morgan fingerprint density at radius 3 is 2.24 bits per heavy atom. The molecular formula is C15H15Br2NO2S. The second-order valence-electron chi connectivity index (χ2n) is 4.83. The molecule has 0 unspecified atom stereocenters. The maximum absolute atomic E-state index is 12.5. The van der Waals surface area contributed by atoms with Crippen LogP contribution in [0.2, 0.25) is 0 Å². The molecule has 0 radical (unpaired) electrons. The summed E-state index contributed by atoms with van der Waals surface area (Å²) in [5.41, 5.74) is 1.91. The molecule has 2 rings (SSSR count). The van der Waals surface area contributed by atoms with Crippen molar-refractivity contribution in [3.8, 4) is 0 Å². The third kappa shape index (κ3) is 4.16. The normalized spacial score (nSPS) is 13.1. The van der Waals surface area contributed by atoms with Crippen LogP contribution in [0.25, 0.3) is 0 Å². The Labute approximate surface area is 142 Å². The highest BCUT2D eigenvalue weighted by Gasteiger charge is 2.20. The van der Waals surface area contributed by atoms with Crippen LogP contribution >= 0.6 is 31.9 Å². The maximum Gasteiger partial charge on any atom is 0.242 e. The molecule has 0 heterocycles. The van der Waals surface area contributed by atoms with Crippen LogP contribution in [-0.2, 0) is 10.0 Å². The minimum atomic E-state index is -3.57. The van der Waals surface area contributed by atoms with Crippen molar-refractivity contribution in [1.29, 1.82) is 0 Å². The van der Waals surface area contributed by atoms with Gasteiger partial charge in [-0.25, -0.2) is 13.1 Å². The summed E-state index contributed by atoms with van der Waals surface area (Å²) in [5.74, 6) is 0. The first-order chi connectivity index (χ1) is 9.79. The molecule has 0 aliphatic carbocycles. The van der Waals surface area contributed by atoms with E-state index >= 15 is 0 Å². The Hall–Kier alpha value is -0.690. The SMILES string of the molecule is Cc1ccc(S(=O)(=O)N[C@@H](C)c2ccc(Br)cc2)c(Br)c1. The zero-order valence-electron chi connectivity index (χ0n) is 11.6. The summed E-state index contributed by atoms with van der Waals surface area (Å²) in [7, 11) is -3.57. The topological polar surface area (TPSA) is 46.2 Å². The van der Waals surface area contributed by atoms with Crippen molar-refractivity contribution in [3.05, 3.63) is 62.5 Å². The zero-order valence-corrected chi connectivity index (χ0v) is 15.6. The summed E-state index contributed by atoms with van der Waals surface area (Å²) in [5, 5.41) is 0. The number of halogens is 2. The van der Waals surface area contributed by atoms with Crippen LogP contribution in [-0.4, -0.2) is 8.42 Å². The lowest BCUT2D eigenvalue weighted by Crippen LogP contribution is -2.27. The molecule has 0 aliphatic heterocycles. The van der Waals surface area contributed by atoms with E-state index in [0.29, 0.717) is 4.47 Å². The molecular weight excluding hydrogens is 418 g/mol. The molecule has 0 aliphatic rings. The predicted octanol–water partition coefficient (Wildman–Crippen LogP) is 4.56. The first-order valence-electron chi connectivity index (χ1n) is 6.33. The van der Waals surface area contributed by atoms with Gasteiger partial charge in [0.2, 0.25) is 10.0 Å². The Morgan fingerprint density at radius 2 is 1.67 bits per heavy atom. The molecule has 0 bridgehead atoms. The first kappa shape index (κ1) is 16.7. The van der Waals surface area contributed by atoms with Crippen molar-refractivity contribution < 1.29 is 8.42 Å². The quantitative estimate of drug-likeness (QED) is 0.769. The lowest BCUT2D eigenvalue weighted by atomic mass is 10.1. The second-order valence-corrected chi connectivity index (χ2v) is 8.28. The molecule has 1 N–H and O–H groups in total. The van der Waals surface area contributed by atoms with Gasteiger partial charge in [0, 0.05) is 15.0 Å². The van der Waals surface area contributed by atoms with Gasteiger partial charge in [0.25, 0.3) is 0 Å². The molecule has 0 amide bonds. The number of benzene rings is 2. The summed E-state index contributed by atoms with van der Waals surface area (Å²) in [6.45, 7) is 3.74. The van der Waals surface area contributed by atoms with Gasteiger partial charge in [0.1, 0.15) is 0 Å². The summed E-state index contributed by atoms with van der Waals surface area (Å²) in [6.07, 6.45) is 0. The molecule has 1 atom stereocenters. The van der Waals surface area contributed by atoms with Crippen molar-refractivity contribution in [2.45, 2.75) is 24.8 Å². The van der Waals surface area contributed by atoms with Crippen molar-refractivity contribution in [2.24, 2.45) is 0 Å². The van der Waals surface area contributed by atoms with Gasteiger partial charge in [-0.05, 0) is 65.2 Å². The molecule has 0 fully saturated rings. The van der Waals surface area contributed by atoms with Gasteiger partial charge >= 0.3 is 0 Å². The van der Waals surface area contributed by atoms with Gasteiger partial charge in [0.05, 0.1) is 4.90 Å². The predicted molar refractivity (Wildman–Crippen MR) is 91.8 cm³/mol. The molecule has 6 heteroatoms. The molecule has 3 nitrogen and oxygen atoms in total. The van der Waals surface area contributed by atoms with E-state index in [2.05, 4.69) is 36.6 Å². The lowest BCUT2D eigenvalue weighted by molar-refractivity contribution is 0.566. The fraction of sp³-hybridized carbons (Fsp3) is 0.200. The number of hydrogen-bond donors (Lipinski definition) is 1. The van der Waals surface area contributed by atoms with Crippen molar-refractivity contribution in [2.75, 3.05) is 0 Å². The molecule has 0 spiro atoms. The van der Waals surface area contributed by atoms with E-state index in [-0.39, 0.29) is 10.9 Å². The Kier molecular flexibility index (Phi) is 5.24. The highest BCUT2D eigenvalue weighted by molar-refractivity contribution is 9.10. The standard InChI is InChI=1S/C15H15Br2NO2S/c1-10-3-8-15(14(17)9-10)21(19,20)18-11(2)12-4-6-13(16)7-5-12/h3-9,11,18H,1-2H3/t11-/m0/s1. The van der Waals surface area contributed by atoms with Gasteiger partial charge in [0.15, 0.2) is 0 Å². The maximum atomic E-state index is 12.5. The van der Waals surface area contributed by atoms with E-state index in [9.17, 15) is 8.42 Å². The largest absolute Gasteiger partial charge is 0.242 e. The van der Waals surface area contributed by atoms with Crippen LogP contribution in [0, 0.1) is 6.92 Å². The highest BCUT2D eigenvalue weighted by Crippen LogP contribution is 2.25. The number of rotatable bonds is 4. The summed E-state index contributed by atoms with van der Waals surface area (Å²) >= 11 is 6.68. The lowest BCUT2D eigenvalue weighted by Gasteiger charge is -2.16. The van der Waals surface area contributed by atoms with Gasteiger partial charge in [-0.2, -0.15) is 0 Å². The minimum absolute atomic E-state index is 0.247. The average Bonchev–Trinajstić information content (AvgIpc) is 2.38. The molecule has 112 valence electrons. The van der Waals surface area contributed by atoms with E-state index in [1.807, 2.05) is 38.1 Å². The first-order valence-corrected chi connectivity index (χ1v) is 9.40. The van der Waals surface area contributed by atoms with E-state index < -0.39 is 10.0 Å². The second kappa shape index (κ2) is 6.60. The van der Waals surface area contributed by atoms with Crippen molar-refractivity contribution in [1.82, 2.24) is 4.72 Å².